The fraction of sp³-hybridized carbons (Fsp3) is 0.400. The summed E-state index contributed by atoms with van der Waals surface area (Å²) in [4.78, 5) is 2.55. The average Bonchev–Trinajstić information content (AvgIpc) is 3.22. The van der Waals surface area contributed by atoms with E-state index < -0.39 is 0 Å². The molecule has 30 heavy (non-hydrogen) atoms. The number of hydrogen-bond donors (Lipinski definition) is 0. The summed E-state index contributed by atoms with van der Waals surface area (Å²) < 4.78 is 13.4. The molecule has 0 aliphatic carbocycles. The Kier molecular flexibility index (Phi) is 6.50. The van der Waals surface area contributed by atoms with Gasteiger partial charge in [0.15, 0.2) is 0 Å². The van der Waals surface area contributed by atoms with E-state index in [-0.39, 0.29) is 6.10 Å². The largest absolute Gasteiger partial charge is 0.497 e. The molecule has 1 aromatic heterocycles. The van der Waals surface area contributed by atoms with Gasteiger partial charge < -0.3 is 9.47 Å². The summed E-state index contributed by atoms with van der Waals surface area (Å²) in [7, 11) is 3.71. The summed E-state index contributed by atoms with van der Waals surface area (Å²) in [5, 5.41) is 4.31. The van der Waals surface area contributed by atoms with Crippen LogP contribution in [0.2, 0.25) is 0 Å². The molecule has 0 saturated carbocycles. The van der Waals surface area contributed by atoms with E-state index in [4.69, 9.17) is 9.47 Å². The van der Waals surface area contributed by atoms with E-state index in [1.54, 1.807) is 7.11 Å². The van der Waals surface area contributed by atoms with Crippen LogP contribution < -0.4 is 4.74 Å². The van der Waals surface area contributed by atoms with Gasteiger partial charge in [-0.25, -0.2) is 0 Å². The van der Waals surface area contributed by atoms with Crippen molar-refractivity contribution in [2.75, 3.05) is 20.3 Å². The first-order valence-electron chi connectivity index (χ1n) is 10.7. The van der Waals surface area contributed by atoms with Gasteiger partial charge in [0.2, 0.25) is 0 Å². The quantitative estimate of drug-likeness (QED) is 0.564. The Balaban J connectivity index is 1.44. The molecule has 5 heteroatoms. The lowest BCUT2D eigenvalue weighted by atomic mass is 9.94. The van der Waals surface area contributed by atoms with Gasteiger partial charge in [-0.2, -0.15) is 5.10 Å². The molecule has 158 valence electrons. The van der Waals surface area contributed by atoms with Crippen molar-refractivity contribution in [3.63, 3.8) is 0 Å². The Hall–Kier alpha value is -2.63. The second-order valence-corrected chi connectivity index (χ2v) is 7.90. The number of nitrogens with zero attached hydrogens (tertiary/aromatic N) is 3. The second-order valence-electron chi connectivity index (χ2n) is 7.90. The maximum absolute atomic E-state index is 6.16. The van der Waals surface area contributed by atoms with E-state index in [1.165, 1.54) is 22.4 Å². The molecule has 4 rings (SSSR count). The molecule has 2 atom stereocenters. The Morgan fingerprint density at radius 2 is 1.77 bits per heavy atom. The van der Waals surface area contributed by atoms with Crippen molar-refractivity contribution in [1.29, 1.82) is 0 Å². The van der Waals surface area contributed by atoms with E-state index in [0.29, 0.717) is 6.04 Å². The Bertz CT molecular complexity index is 934. The molecule has 1 fully saturated rings. The highest BCUT2D eigenvalue weighted by atomic mass is 16.5. The van der Waals surface area contributed by atoms with Crippen LogP contribution in [0.3, 0.4) is 0 Å². The van der Waals surface area contributed by atoms with Crippen molar-refractivity contribution in [3.05, 3.63) is 72.1 Å². The lowest BCUT2D eigenvalue weighted by Crippen LogP contribution is -2.40. The van der Waals surface area contributed by atoms with Gasteiger partial charge in [-0.15, -0.1) is 0 Å². The van der Waals surface area contributed by atoms with E-state index in [0.717, 1.165) is 38.3 Å². The smallest absolute Gasteiger partial charge is 0.118 e. The molecule has 1 aliphatic rings. The molecular weight excluding hydrogens is 374 g/mol. The predicted molar refractivity (Wildman–Crippen MR) is 119 cm³/mol. The van der Waals surface area contributed by atoms with E-state index in [1.807, 2.05) is 30.1 Å². The lowest BCUT2D eigenvalue weighted by Gasteiger charge is -2.37. The number of hydrogen-bond acceptors (Lipinski definition) is 4. The molecule has 0 unspecified atom stereocenters. The molecule has 0 amide bonds. The third-order valence-corrected chi connectivity index (χ3v) is 6.17. The molecule has 2 aromatic carbocycles. The molecule has 2 heterocycles. The summed E-state index contributed by atoms with van der Waals surface area (Å²) in [5.74, 6) is 0.878. The number of benzene rings is 2. The summed E-state index contributed by atoms with van der Waals surface area (Å²) in [6.07, 6.45) is 4.12. The number of rotatable bonds is 7. The average molecular weight is 406 g/mol. The van der Waals surface area contributed by atoms with Crippen molar-refractivity contribution in [1.82, 2.24) is 14.7 Å². The molecule has 0 N–H and O–H groups in total. The molecule has 0 bridgehead atoms. The Morgan fingerprint density at radius 1 is 1.07 bits per heavy atom. The Labute approximate surface area is 179 Å². The minimum absolute atomic E-state index is 0.147. The molecule has 3 aromatic rings. The highest BCUT2D eigenvalue weighted by Crippen LogP contribution is 2.32. The SMILES string of the molecule is CCN(Cc1ccnn1C)[C@H]1CCO[C@@H](c2ccc(-c3ccc(OC)cc3)cc2)C1. The van der Waals surface area contributed by atoms with Crippen LogP contribution in [-0.2, 0) is 18.3 Å². The molecule has 1 saturated heterocycles. The number of ether oxygens (including phenoxy) is 2. The minimum atomic E-state index is 0.147. The van der Waals surface area contributed by atoms with Crippen LogP contribution in [-0.4, -0.2) is 41.0 Å². The van der Waals surface area contributed by atoms with Crippen LogP contribution in [0, 0.1) is 0 Å². The van der Waals surface area contributed by atoms with E-state index >= 15 is 0 Å². The second kappa shape index (κ2) is 9.45. The first-order chi connectivity index (χ1) is 14.7. The van der Waals surface area contributed by atoms with E-state index in [2.05, 4.69) is 59.4 Å². The van der Waals surface area contributed by atoms with Gasteiger partial charge in [-0.1, -0.05) is 43.3 Å². The third kappa shape index (κ3) is 4.58. The van der Waals surface area contributed by atoms with Gasteiger partial charge in [0.05, 0.1) is 18.9 Å². The molecule has 0 radical (unpaired) electrons. The topological polar surface area (TPSA) is 39.5 Å². The molecule has 1 aliphatic heterocycles. The third-order valence-electron chi connectivity index (χ3n) is 6.17. The minimum Gasteiger partial charge on any atom is -0.497 e. The molecular formula is C25H31N3O2. The van der Waals surface area contributed by atoms with Crippen LogP contribution >= 0.6 is 0 Å². The first-order valence-corrected chi connectivity index (χ1v) is 10.7. The Morgan fingerprint density at radius 3 is 2.37 bits per heavy atom. The highest BCUT2D eigenvalue weighted by Gasteiger charge is 2.28. The summed E-state index contributed by atoms with van der Waals surface area (Å²) in [6, 6.07) is 19.6. The molecule has 5 nitrogen and oxygen atoms in total. The summed E-state index contributed by atoms with van der Waals surface area (Å²) in [6.45, 7) is 5.00. The van der Waals surface area contributed by atoms with Crippen LogP contribution in [0.25, 0.3) is 11.1 Å². The van der Waals surface area contributed by atoms with Gasteiger partial charge >= 0.3 is 0 Å². The summed E-state index contributed by atoms with van der Waals surface area (Å²) in [5.41, 5.74) is 4.91. The van der Waals surface area contributed by atoms with Crippen molar-refractivity contribution in [2.24, 2.45) is 7.05 Å². The predicted octanol–water partition coefficient (Wildman–Crippen LogP) is 4.84. The number of aromatic nitrogens is 2. The zero-order chi connectivity index (χ0) is 20.9. The fourth-order valence-electron chi connectivity index (χ4n) is 4.28. The van der Waals surface area contributed by atoms with Crippen molar-refractivity contribution in [2.45, 2.75) is 38.5 Å². The number of methoxy groups -OCH3 is 1. The molecule has 0 spiro atoms. The first kappa shape index (κ1) is 20.6. The normalized spacial score (nSPS) is 19.2. The van der Waals surface area contributed by atoms with E-state index in [9.17, 15) is 0 Å². The van der Waals surface area contributed by atoms with Crippen molar-refractivity contribution < 1.29 is 9.47 Å². The van der Waals surface area contributed by atoms with Crippen LogP contribution in [0.1, 0.15) is 37.1 Å². The van der Waals surface area contributed by atoms with Gasteiger partial charge in [-0.05, 0) is 54.3 Å². The van der Waals surface area contributed by atoms with Gasteiger partial charge in [0.1, 0.15) is 5.75 Å². The van der Waals surface area contributed by atoms with Gasteiger partial charge in [-0.3, -0.25) is 9.58 Å². The standard InChI is InChI=1S/C25H31N3O2/c1-4-28(18-23-13-15-26-27(23)2)22-14-16-30-25(17-22)21-7-5-19(6-8-21)20-9-11-24(29-3)12-10-20/h5-13,15,22,25H,4,14,16-18H2,1-3H3/t22-,25+/m0/s1. The van der Waals surface area contributed by atoms with Crippen LogP contribution in [0.5, 0.6) is 5.75 Å². The maximum atomic E-state index is 6.16. The monoisotopic (exact) mass is 405 g/mol. The number of aryl methyl sites for hydroxylation is 1. The van der Waals surface area contributed by atoms with Crippen molar-refractivity contribution in [3.8, 4) is 16.9 Å². The lowest BCUT2D eigenvalue weighted by molar-refractivity contribution is -0.0298. The van der Waals surface area contributed by atoms with Crippen molar-refractivity contribution >= 4 is 0 Å². The van der Waals surface area contributed by atoms with Gasteiger partial charge in [0, 0.05) is 32.4 Å². The van der Waals surface area contributed by atoms with Crippen LogP contribution in [0.15, 0.2) is 60.8 Å². The zero-order valence-corrected chi connectivity index (χ0v) is 18.1. The zero-order valence-electron chi connectivity index (χ0n) is 18.1. The fourth-order valence-corrected chi connectivity index (χ4v) is 4.28. The highest BCUT2D eigenvalue weighted by molar-refractivity contribution is 5.64. The van der Waals surface area contributed by atoms with Crippen LogP contribution in [0.4, 0.5) is 0 Å². The summed E-state index contributed by atoms with van der Waals surface area (Å²) >= 11 is 0. The van der Waals surface area contributed by atoms with Gasteiger partial charge in [0.25, 0.3) is 0 Å². The maximum Gasteiger partial charge on any atom is 0.118 e.